The summed E-state index contributed by atoms with van der Waals surface area (Å²) in [6.07, 6.45) is 7.54. The molecule has 424 valence electrons. The zero-order valence-corrected chi connectivity index (χ0v) is 45.5. The van der Waals surface area contributed by atoms with Crippen LogP contribution >= 0.6 is 0 Å². The lowest BCUT2D eigenvalue weighted by molar-refractivity contribution is -0.127. The van der Waals surface area contributed by atoms with Crippen LogP contribution < -0.4 is 19.9 Å². The number of phenols is 1. The summed E-state index contributed by atoms with van der Waals surface area (Å²) in [6, 6.07) is 9.33. The van der Waals surface area contributed by atoms with Crippen molar-refractivity contribution in [2.24, 2.45) is 18.9 Å². The van der Waals surface area contributed by atoms with Crippen LogP contribution in [0.4, 0.5) is 29.6 Å². The molecule has 6 atom stereocenters. The van der Waals surface area contributed by atoms with E-state index in [-0.39, 0.29) is 102 Å². The van der Waals surface area contributed by atoms with E-state index >= 15 is 13.2 Å². The number of carbonyl (C=O) groups is 2. The van der Waals surface area contributed by atoms with E-state index in [4.69, 9.17) is 39.2 Å². The number of halogens is 3. The number of alkyl halides is 1. The zero-order chi connectivity index (χ0) is 55.0. The van der Waals surface area contributed by atoms with Gasteiger partial charge in [-0.2, -0.15) is 15.1 Å². The number of ether oxygens (including phenoxy) is 3. The first kappa shape index (κ1) is 52.8. The van der Waals surface area contributed by atoms with Crippen LogP contribution in [0.25, 0.3) is 44.0 Å². The van der Waals surface area contributed by atoms with E-state index in [1.54, 1.807) is 11.6 Å². The Morgan fingerprint density at radius 2 is 1.73 bits per heavy atom. The molecule has 21 heteroatoms. The SMILES string of the molecule is CCc1c(F)ccc2cc(O)cc(-c3nc4c5c(nc(OC[C@@]67CCCN6[C@H](COC(=O)N6CCC(CC8CCN(c9ccc%10c(C%11CCC(=O)NC%11O)nn(C)c%10n9)CC8)CC6)CC7)nc5c3F)N3CCCOC[C@@H]3C[C@@H]4F)c12. The Hall–Kier alpha value is -6.58. The number of likely N-dealkylation sites (tertiary alicyclic amines) is 1. The molecule has 80 heavy (non-hydrogen) atoms. The van der Waals surface area contributed by atoms with Crippen molar-refractivity contribution in [3.8, 4) is 23.0 Å². The number of pyridine rings is 2. The first-order chi connectivity index (χ1) is 38.8. The fourth-order valence-electron chi connectivity index (χ4n) is 14.7. The number of carbonyl (C=O) groups excluding carboxylic acids is 2. The van der Waals surface area contributed by atoms with E-state index in [9.17, 15) is 19.8 Å². The average Bonchev–Trinajstić information content (AvgIpc) is 4.11. The summed E-state index contributed by atoms with van der Waals surface area (Å²) in [5.74, 6) is 0.487. The van der Waals surface area contributed by atoms with Crippen molar-refractivity contribution in [3.05, 3.63) is 65.0 Å². The molecule has 13 rings (SSSR count). The standard InChI is InChI=1S/C59H70F3N11O7/c1-3-39-43(60)9-6-35-27-38(74)29-42(47(35)39)51-49(62)53-48-52(65-51)44(61)28-37-30-78-25-5-19-72(37)55(48)67-57(66-53)80-32-59-17-4-20-73(59)36(12-18-59)31-79-58(77)71-23-15-34(16-24-71)26-33-13-21-70(22-14-33)45-10-7-40-50(68-69(2)54(40)63-45)41-8-11-46(75)64-56(41)76/h6-7,9-10,27,29,33-34,36-37,41,44,56,74,76H,3-5,8,11-26,28,30-32H2,1-2H3,(H,64,75)/t36-,37-,41?,44-,56?,59-/m0/s1. The zero-order valence-electron chi connectivity index (χ0n) is 45.5. The summed E-state index contributed by atoms with van der Waals surface area (Å²) in [7, 11) is 1.87. The third kappa shape index (κ3) is 9.57. The van der Waals surface area contributed by atoms with Crippen LogP contribution in [0.15, 0.2) is 36.4 Å². The van der Waals surface area contributed by atoms with Crippen LogP contribution in [0.5, 0.6) is 11.8 Å². The second-order valence-electron chi connectivity index (χ2n) is 23.5. The molecule has 3 N–H and O–H groups in total. The maximum atomic E-state index is 17.6. The van der Waals surface area contributed by atoms with Crippen molar-refractivity contribution < 1.29 is 47.2 Å². The van der Waals surface area contributed by atoms with Gasteiger partial charge in [0, 0.05) is 82.1 Å². The number of aromatic hydroxyl groups is 1. The molecule has 11 heterocycles. The highest BCUT2D eigenvalue weighted by Gasteiger charge is 2.50. The van der Waals surface area contributed by atoms with Gasteiger partial charge < -0.3 is 44.4 Å². The summed E-state index contributed by atoms with van der Waals surface area (Å²) in [6.45, 7) is 7.49. The summed E-state index contributed by atoms with van der Waals surface area (Å²) in [5.41, 5.74) is 1.19. The van der Waals surface area contributed by atoms with Gasteiger partial charge in [-0.1, -0.05) is 13.0 Å². The number of piperidine rings is 3. The molecule has 2 amide bonds. The number of fused-ring (bicyclic) bond motifs is 5. The molecule has 0 radical (unpaired) electrons. The summed E-state index contributed by atoms with van der Waals surface area (Å²) in [4.78, 5) is 53.4. The number of phenolic OH excluding ortho intramolecular Hbond substituents is 1. The monoisotopic (exact) mass is 1100 g/mol. The lowest BCUT2D eigenvalue weighted by atomic mass is 9.83. The molecule has 0 saturated carbocycles. The van der Waals surface area contributed by atoms with Gasteiger partial charge in [-0.15, -0.1) is 0 Å². The summed E-state index contributed by atoms with van der Waals surface area (Å²) >= 11 is 0. The van der Waals surface area contributed by atoms with Gasteiger partial charge in [0.1, 0.15) is 60.0 Å². The van der Waals surface area contributed by atoms with E-state index in [0.717, 1.165) is 100.0 Å². The highest BCUT2D eigenvalue weighted by atomic mass is 19.1. The molecule has 6 fully saturated rings. The van der Waals surface area contributed by atoms with Crippen molar-refractivity contribution in [2.75, 3.05) is 75.5 Å². The quantitative estimate of drug-likeness (QED) is 0.112. The molecule has 0 aliphatic carbocycles. The number of aryl methyl sites for hydroxylation is 2. The number of aliphatic hydroxyl groups excluding tert-OH is 1. The molecule has 0 bridgehead atoms. The Balaban J connectivity index is 0.644. The summed E-state index contributed by atoms with van der Waals surface area (Å²) in [5, 5.41) is 30.8. The highest BCUT2D eigenvalue weighted by molar-refractivity contribution is 6.02. The van der Waals surface area contributed by atoms with Crippen molar-refractivity contribution in [1.82, 2.24) is 44.8 Å². The third-order valence-electron chi connectivity index (χ3n) is 18.8. The minimum atomic E-state index is -1.63. The van der Waals surface area contributed by atoms with E-state index in [2.05, 4.69) is 15.1 Å². The minimum Gasteiger partial charge on any atom is -0.508 e. The van der Waals surface area contributed by atoms with Crippen LogP contribution in [-0.4, -0.2) is 151 Å². The van der Waals surface area contributed by atoms with Crippen molar-refractivity contribution in [3.63, 3.8) is 0 Å². The molecular formula is C59H70F3N11O7. The minimum absolute atomic E-state index is 0.00140. The van der Waals surface area contributed by atoms with Gasteiger partial charge in [-0.25, -0.2) is 27.9 Å². The van der Waals surface area contributed by atoms with Crippen molar-refractivity contribution in [2.45, 2.75) is 133 Å². The number of amides is 2. The van der Waals surface area contributed by atoms with E-state index in [1.165, 1.54) is 24.3 Å². The van der Waals surface area contributed by atoms with Crippen LogP contribution in [0.3, 0.4) is 0 Å². The Morgan fingerprint density at radius 3 is 2.52 bits per heavy atom. The number of rotatable bonds is 11. The topological polar surface area (TPSA) is 197 Å². The molecule has 0 spiro atoms. The Bertz CT molecular complexity index is 3370. The Kier molecular flexibility index (Phi) is 14.1. The predicted molar refractivity (Wildman–Crippen MR) is 293 cm³/mol. The molecule has 7 aliphatic heterocycles. The average molecular weight is 1100 g/mol. The highest BCUT2D eigenvalue weighted by Crippen LogP contribution is 2.47. The number of hydrogen-bond acceptors (Lipinski definition) is 15. The molecule has 7 aliphatic rings. The smallest absolute Gasteiger partial charge is 0.409 e. The van der Waals surface area contributed by atoms with Crippen LogP contribution in [0.1, 0.15) is 119 Å². The fraction of sp³-hybridized carbons (Fsp3) is 0.576. The van der Waals surface area contributed by atoms with Crippen molar-refractivity contribution >= 4 is 56.3 Å². The second-order valence-corrected chi connectivity index (χ2v) is 23.5. The lowest BCUT2D eigenvalue weighted by Crippen LogP contribution is -2.48. The molecule has 2 aromatic carbocycles. The number of nitrogens with zero attached hydrogens (tertiary/aromatic N) is 10. The molecule has 6 saturated heterocycles. The Labute approximate surface area is 462 Å². The van der Waals surface area contributed by atoms with Crippen LogP contribution in [0.2, 0.25) is 0 Å². The van der Waals surface area contributed by atoms with Gasteiger partial charge >= 0.3 is 12.1 Å². The van der Waals surface area contributed by atoms with E-state index < -0.39 is 30.1 Å². The third-order valence-corrected chi connectivity index (χ3v) is 18.8. The van der Waals surface area contributed by atoms with Gasteiger partial charge in [0.15, 0.2) is 11.5 Å². The van der Waals surface area contributed by atoms with E-state index in [1.807, 2.05) is 29.0 Å². The maximum absolute atomic E-state index is 17.6. The van der Waals surface area contributed by atoms with Gasteiger partial charge in [0.2, 0.25) is 5.91 Å². The number of nitrogens with one attached hydrogen (secondary N) is 1. The molecule has 4 aromatic heterocycles. The first-order valence-electron chi connectivity index (χ1n) is 29.0. The van der Waals surface area contributed by atoms with Gasteiger partial charge in [0.05, 0.1) is 35.0 Å². The maximum Gasteiger partial charge on any atom is 0.409 e. The van der Waals surface area contributed by atoms with Crippen LogP contribution in [0, 0.1) is 23.5 Å². The Morgan fingerprint density at radius 1 is 0.912 bits per heavy atom. The number of aliphatic hydroxyl groups is 1. The first-order valence-corrected chi connectivity index (χ1v) is 29.0. The van der Waals surface area contributed by atoms with Gasteiger partial charge in [-0.3, -0.25) is 14.4 Å². The molecule has 2 unspecified atom stereocenters. The largest absolute Gasteiger partial charge is 0.508 e. The molecular weight excluding hydrogens is 1030 g/mol. The van der Waals surface area contributed by atoms with Crippen LogP contribution in [-0.2, 0) is 27.7 Å². The number of benzene rings is 2. The van der Waals surface area contributed by atoms with Gasteiger partial charge in [-0.05, 0) is 142 Å². The van der Waals surface area contributed by atoms with Gasteiger partial charge in [0.25, 0.3) is 0 Å². The fourth-order valence-corrected chi connectivity index (χ4v) is 14.7. The molecule has 6 aromatic rings. The molecule has 18 nitrogen and oxygen atoms in total. The predicted octanol–water partition coefficient (Wildman–Crippen LogP) is 8.53. The van der Waals surface area contributed by atoms with E-state index in [0.29, 0.717) is 79.5 Å². The number of aromatic nitrogens is 6. The van der Waals surface area contributed by atoms with Crippen molar-refractivity contribution in [1.29, 1.82) is 0 Å². The second kappa shape index (κ2) is 21.4. The lowest BCUT2D eigenvalue weighted by Gasteiger charge is -2.37. The number of hydrogen-bond donors (Lipinski definition) is 3. The summed E-state index contributed by atoms with van der Waals surface area (Å²) < 4.78 is 70.1. The normalized spacial score (nSPS) is 25.9. The number of anilines is 2.